The van der Waals surface area contributed by atoms with Crippen molar-refractivity contribution >= 4 is 5.78 Å². The van der Waals surface area contributed by atoms with Crippen molar-refractivity contribution in [2.24, 2.45) is 40.4 Å². The van der Waals surface area contributed by atoms with Gasteiger partial charge in [0, 0.05) is 11.3 Å². The first kappa shape index (κ1) is 21.9. The van der Waals surface area contributed by atoms with E-state index >= 15 is 0 Å². The molecular weight excluding hydrogens is 388 g/mol. The number of ether oxygens (including phenoxy) is 1. The van der Waals surface area contributed by atoms with Crippen LogP contribution >= 0.6 is 0 Å². The minimum absolute atomic E-state index is 0.0171. The van der Waals surface area contributed by atoms with Crippen LogP contribution in [-0.4, -0.2) is 34.0 Å². The van der Waals surface area contributed by atoms with Crippen molar-refractivity contribution in [2.45, 2.75) is 97.1 Å². The zero-order chi connectivity index (χ0) is 22.2. The van der Waals surface area contributed by atoms with Gasteiger partial charge in [0.25, 0.3) is 0 Å². The topological polar surface area (TPSA) is 66.8 Å². The molecule has 1 heterocycles. The lowest BCUT2D eigenvalue weighted by Crippen LogP contribution is -2.60. The molecule has 4 heteroatoms. The largest absolute Gasteiger partial charge is 0.389 e. The fourth-order valence-corrected chi connectivity index (χ4v) is 8.65. The summed E-state index contributed by atoms with van der Waals surface area (Å²) in [5.74, 6) is 1.89. The third-order valence-corrected chi connectivity index (χ3v) is 10.5. The average molecular weight is 429 g/mol. The normalized spacial score (nSPS) is 51.8. The van der Waals surface area contributed by atoms with Crippen LogP contribution in [0.3, 0.4) is 0 Å². The van der Waals surface area contributed by atoms with Crippen LogP contribution in [0.2, 0.25) is 0 Å². The Balaban J connectivity index is 1.41. The van der Waals surface area contributed by atoms with Gasteiger partial charge in [-0.3, -0.25) is 4.79 Å². The maximum atomic E-state index is 12.2. The summed E-state index contributed by atoms with van der Waals surface area (Å²) < 4.78 is 6.01. The molecule has 0 spiro atoms. The molecule has 0 aromatic heterocycles. The molecule has 31 heavy (non-hydrogen) atoms. The Bertz CT molecular complexity index is 814. The molecule has 1 saturated heterocycles. The van der Waals surface area contributed by atoms with Crippen molar-refractivity contribution in [1.82, 2.24) is 0 Å². The molecule has 9 atom stereocenters. The number of rotatable bonds is 2. The summed E-state index contributed by atoms with van der Waals surface area (Å²) in [6.07, 6.45) is 12.8. The van der Waals surface area contributed by atoms with E-state index in [0.717, 1.165) is 51.4 Å². The highest BCUT2D eigenvalue weighted by molar-refractivity contribution is 6.01. The highest BCUT2D eigenvalue weighted by atomic mass is 16.6. The fraction of sp³-hybridized carbons (Fsp3) is 0.815. The molecule has 4 nitrogen and oxygen atoms in total. The van der Waals surface area contributed by atoms with Crippen LogP contribution in [0.15, 0.2) is 23.8 Å². The number of aliphatic hydroxyl groups is 2. The minimum atomic E-state index is -0.870. The Morgan fingerprint density at radius 2 is 1.77 bits per heavy atom. The van der Waals surface area contributed by atoms with Gasteiger partial charge in [0.05, 0.1) is 11.7 Å². The third-order valence-electron chi connectivity index (χ3n) is 10.5. The molecule has 0 aromatic carbocycles. The van der Waals surface area contributed by atoms with E-state index in [0.29, 0.717) is 23.7 Å². The highest BCUT2D eigenvalue weighted by Gasteiger charge is 2.66. The van der Waals surface area contributed by atoms with Crippen LogP contribution in [0.4, 0.5) is 0 Å². The number of fused-ring (bicyclic) bond motifs is 5. The molecule has 0 bridgehead atoms. The van der Waals surface area contributed by atoms with Crippen molar-refractivity contribution in [3.05, 3.63) is 23.8 Å². The summed E-state index contributed by atoms with van der Waals surface area (Å²) in [6, 6.07) is 0. The lowest BCUT2D eigenvalue weighted by Gasteiger charge is -2.59. The number of hydrogen-bond donors (Lipinski definition) is 2. The molecule has 0 radical (unpaired) electrons. The van der Waals surface area contributed by atoms with Gasteiger partial charge in [-0.05, 0) is 92.6 Å². The predicted molar refractivity (Wildman–Crippen MR) is 120 cm³/mol. The number of ketones is 1. The summed E-state index contributed by atoms with van der Waals surface area (Å²) >= 11 is 0. The molecular formula is C27H40O4. The van der Waals surface area contributed by atoms with Crippen molar-refractivity contribution in [1.29, 1.82) is 0 Å². The molecule has 3 saturated carbocycles. The van der Waals surface area contributed by atoms with Crippen LogP contribution in [0.5, 0.6) is 0 Å². The van der Waals surface area contributed by atoms with Crippen molar-refractivity contribution < 1.29 is 19.7 Å². The van der Waals surface area contributed by atoms with E-state index in [4.69, 9.17) is 4.74 Å². The summed E-state index contributed by atoms with van der Waals surface area (Å²) in [4.78, 5) is 12.0. The summed E-state index contributed by atoms with van der Waals surface area (Å²) in [5, 5.41) is 23.1. The van der Waals surface area contributed by atoms with Crippen LogP contribution in [-0.2, 0) is 9.53 Å². The van der Waals surface area contributed by atoms with E-state index in [1.807, 2.05) is 6.08 Å². The van der Waals surface area contributed by atoms with Gasteiger partial charge < -0.3 is 14.9 Å². The zero-order valence-electron chi connectivity index (χ0n) is 19.6. The predicted octanol–water partition coefficient (Wildman–Crippen LogP) is 4.80. The molecule has 2 N–H and O–H groups in total. The van der Waals surface area contributed by atoms with Crippen LogP contribution in [0, 0.1) is 40.4 Å². The summed E-state index contributed by atoms with van der Waals surface area (Å²) in [5.41, 5.74) is 0.254. The molecule has 5 aliphatic rings. The van der Waals surface area contributed by atoms with Crippen molar-refractivity contribution in [2.75, 3.05) is 0 Å². The Kier molecular flexibility index (Phi) is 5.12. The molecule has 5 rings (SSSR count). The van der Waals surface area contributed by atoms with E-state index in [2.05, 4.69) is 33.8 Å². The van der Waals surface area contributed by atoms with E-state index < -0.39 is 11.9 Å². The van der Waals surface area contributed by atoms with Crippen molar-refractivity contribution in [3.63, 3.8) is 0 Å². The lowest BCUT2D eigenvalue weighted by atomic mass is 9.46. The molecule has 172 valence electrons. The Labute approximate surface area is 187 Å². The monoisotopic (exact) mass is 428 g/mol. The third kappa shape index (κ3) is 3.00. The van der Waals surface area contributed by atoms with Gasteiger partial charge in [-0.2, -0.15) is 0 Å². The first-order chi connectivity index (χ1) is 14.6. The van der Waals surface area contributed by atoms with Gasteiger partial charge in [-0.1, -0.05) is 39.3 Å². The number of carbonyl (C=O) groups excluding carboxylic acids is 1. The smallest absolute Gasteiger partial charge is 0.178 e. The number of allylic oxidation sites excluding steroid dienone is 4. The summed E-state index contributed by atoms with van der Waals surface area (Å²) in [6.45, 7) is 8.91. The van der Waals surface area contributed by atoms with Gasteiger partial charge in [0.15, 0.2) is 12.1 Å². The lowest BCUT2D eigenvalue weighted by molar-refractivity contribution is -0.265. The number of carbonyl (C=O) groups is 1. The second-order valence-corrected chi connectivity index (χ2v) is 12.0. The Hall–Kier alpha value is -0.970. The fourth-order valence-electron chi connectivity index (χ4n) is 8.65. The van der Waals surface area contributed by atoms with Crippen molar-refractivity contribution in [3.8, 4) is 0 Å². The van der Waals surface area contributed by atoms with Gasteiger partial charge in [0.1, 0.15) is 0 Å². The molecule has 0 unspecified atom stereocenters. The van der Waals surface area contributed by atoms with Crippen LogP contribution < -0.4 is 0 Å². The van der Waals surface area contributed by atoms with Crippen LogP contribution in [0.25, 0.3) is 0 Å². The maximum Gasteiger partial charge on any atom is 0.178 e. The quantitative estimate of drug-likeness (QED) is 0.663. The maximum absolute atomic E-state index is 12.2. The molecule has 0 amide bonds. The standard InChI is InChI=1S/C27H40O4/c1-16(2)23-8-7-22(24(29)31-23)27(30)14-11-21-19-6-5-17-15-18(28)9-12-25(17,3)20(19)10-13-26(21,27)4/h9,12,15-16,19-24,29-30H,5-8,10-11,13-14H2,1-4H3/t19-,20+,21+,22+,23-,24-,25+,26+,27+/m1/s1. The zero-order valence-corrected chi connectivity index (χ0v) is 19.6. The molecule has 0 aromatic rings. The van der Waals surface area contributed by atoms with Crippen LogP contribution in [0.1, 0.15) is 79.1 Å². The van der Waals surface area contributed by atoms with E-state index in [1.165, 1.54) is 5.57 Å². The first-order valence-electron chi connectivity index (χ1n) is 12.6. The minimum Gasteiger partial charge on any atom is -0.389 e. The number of aliphatic hydroxyl groups excluding tert-OH is 1. The second kappa shape index (κ2) is 7.27. The Morgan fingerprint density at radius 1 is 1.03 bits per heavy atom. The van der Waals surface area contributed by atoms with Gasteiger partial charge in [-0.25, -0.2) is 0 Å². The van der Waals surface area contributed by atoms with E-state index in [1.54, 1.807) is 6.08 Å². The highest BCUT2D eigenvalue weighted by Crippen LogP contribution is 2.68. The molecule has 4 aliphatic carbocycles. The number of hydrogen-bond acceptors (Lipinski definition) is 4. The average Bonchev–Trinajstić information content (AvgIpc) is 3.00. The second-order valence-electron chi connectivity index (χ2n) is 12.0. The molecule has 1 aliphatic heterocycles. The molecule has 4 fully saturated rings. The van der Waals surface area contributed by atoms with Gasteiger partial charge in [-0.15, -0.1) is 0 Å². The first-order valence-corrected chi connectivity index (χ1v) is 12.6. The SMILES string of the molecule is CC(C)[C@H]1CC[C@H]([C@@]2(O)CC[C@H]3[C@@H]4CCC5=CC(=O)C=C[C@]5(C)[C@H]4CC[C@@]32C)[C@H](O)O1. The van der Waals surface area contributed by atoms with E-state index in [9.17, 15) is 15.0 Å². The van der Waals surface area contributed by atoms with Gasteiger partial charge >= 0.3 is 0 Å². The Morgan fingerprint density at radius 3 is 2.48 bits per heavy atom. The van der Waals surface area contributed by atoms with Gasteiger partial charge in [0.2, 0.25) is 0 Å². The van der Waals surface area contributed by atoms with E-state index in [-0.39, 0.29) is 28.6 Å². The summed E-state index contributed by atoms with van der Waals surface area (Å²) in [7, 11) is 0.